The number of anilines is 1. The van der Waals surface area contributed by atoms with Gasteiger partial charge in [0.2, 0.25) is 0 Å². The van der Waals surface area contributed by atoms with Crippen LogP contribution in [0, 0.1) is 0 Å². The molecule has 1 amide bonds. The Kier molecular flexibility index (Phi) is 5.48. The number of amides is 1. The molecule has 3 aromatic heterocycles. The molecule has 0 unspecified atom stereocenters. The number of carbonyl (C=O) groups excluding carboxylic acids is 2. The highest BCUT2D eigenvalue weighted by atomic mass is 32.1. The van der Waals surface area contributed by atoms with E-state index in [9.17, 15) is 9.59 Å². The molecule has 1 aliphatic carbocycles. The van der Waals surface area contributed by atoms with Gasteiger partial charge in [0.05, 0.1) is 11.7 Å². The number of hydrogen-bond donors (Lipinski definition) is 1. The van der Waals surface area contributed by atoms with Crippen molar-refractivity contribution in [2.24, 2.45) is 0 Å². The Morgan fingerprint density at radius 3 is 2.83 bits per heavy atom. The van der Waals surface area contributed by atoms with Gasteiger partial charge in [-0.15, -0.1) is 11.3 Å². The largest absolute Gasteiger partial charge is 0.459 e. The van der Waals surface area contributed by atoms with Crippen molar-refractivity contribution in [1.29, 1.82) is 0 Å². The third kappa shape index (κ3) is 4.24. The van der Waals surface area contributed by atoms with Gasteiger partial charge in [-0.1, -0.05) is 0 Å². The second-order valence-electron chi connectivity index (χ2n) is 7.25. The van der Waals surface area contributed by atoms with Crippen LogP contribution < -0.4 is 5.32 Å². The molecule has 4 rings (SSSR count). The predicted molar refractivity (Wildman–Crippen MR) is 109 cm³/mol. The van der Waals surface area contributed by atoms with Crippen molar-refractivity contribution >= 4 is 28.2 Å². The Morgan fingerprint density at radius 1 is 1.24 bits per heavy atom. The summed E-state index contributed by atoms with van der Waals surface area (Å²) in [6.07, 6.45) is 8.91. The van der Waals surface area contributed by atoms with E-state index >= 15 is 0 Å². The molecule has 0 aliphatic heterocycles. The molecule has 8 nitrogen and oxygen atoms in total. The van der Waals surface area contributed by atoms with Gasteiger partial charge in [-0.2, -0.15) is 10.2 Å². The van der Waals surface area contributed by atoms with Crippen molar-refractivity contribution in [2.45, 2.75) is 52.3 Å². The highest BCUT2D eigenvalue weighted by Gasteiger charge is 2.28. The van der Waals surface area contributed by atoms with Gasteiger partial charge < -0.3 is 10.1 Å². The zero-order valence-corrected chi connectivity index (χ0v) is 17.2. The second-order valence-corrected chi connectivity index (χ2v) is 8.36. The maximum absolute atomic E-state index is 12.8. The van der Waals surface area contributed by atoms with Crippen molar-refractivity contribution < 1.29 is 14.3 Å². The molecule has 152 valence electrons. The number of aryl methyl sites for hydroxylation is 1. The average Bonchev–Trinajstić information content (AvgIpc) is 3.40. The number of fused-ring (bicyclic) bond motifs is 1. The number of aromatic nitrogens is 4. The van der Waals surface area contributed by atoms with Crippen LogP contribution in [0.5, 0.6) is 0 Å². The predicted octanol–water partition coefficient (Wildman–Crippen LogP) is 3.34. The first-order valence-electron chi connectivity index (χ1n) is 9.69. The molecule has 29 heavy (non-hydrogen) atoms. The van der Waals surface area contributed by atoms with Crippen LogP contribution in [0.3, 0.4) is 0 Å². The van der Waals surface area contributed by atoms with Gasteiger partial charge >= 0.3 is 5.97 Å². The molecular weight excluding hydrogens is 390 g/mol. The Hall–Kier alpha value is -2.94. The standard InChI is InChI=1S/C20H23N5O3S/c1-13(2)28-20(27)17-14-6-3-4-7-16(14)29-19(17)22-18(26)15-8-11-25(23-15)12-24-10-5-9-21-24/h5,8-11,13H,3-4,6-7,12H2,1-2H3,(H,22,26). The lowest BCUT2D eigenvalue weighted by Gasteiger charge is -2.14. The third-order valence-electron chi connectivity index (χ3n) is 4.67. The summed E-state index contributed by atoms with van der Waals surface area (Å²) in [7, 11) is 0. The number of ether oxygens (including phenoxy) is 1. The highest BCUT2D eigenvalue weighted by molar-refractivity contribution is 7.17. The van der Waals surface area contributed by atoms with E-state index in [1.54, 1.807) is 27.8 Å². The fraction of sp³-hybridized carbons (Fsp3) is 0.400. The summed E-state index contributed by atoms with van der Waals surface area (Å²) in [6, 6.07) is 3.48. The normalized spacial score (nSPS) is 13.3. The summed E-state index contributed by atoms with van der Waals surface area (Å²) < 4.78 is 8.78. The van der Waals surface area contributed by atoms with Crippen LogP contribution in [0.15, 0.2) is 30.7 Å². The summed E-state index contributed by atoms with van der Waals surface area (Å²) in [6.45, 7) is 4.06. The molecule has 1 aliphatic rings. The lowest BCUT2D eigenvalue weighted by atomic mass is 9.95. The number of carbonyl (C=O) groups is 2. The first-order chi connectivity index (χ1) is 14.0. The first kappa shape index (κ1) is 19.4. The molecule has 1 N–H and O–H groups in total. The number of rotatable bonds is 6. The van der Waals surface area contributed by atoms with Gasteiger partial charge in [-0.25, -0.2) is 4.79 Å². The smallest absolute Gasteiger partial charge is 0.341 e. The lowest BCUT2D eigenvalue weighted by molar-refractivity contribution is 0.0378. The van der Waals surface area contributed by atoms with Crippen LogP contribution in [0.4, 0.5) is 5.00 Å². The van der Waals surface area contributed by atoms with Crippen LogP contribution in [0.1, 0.15) is 58.0 Å². The molecule has 0 radical (unpaired) electrons. The Morgan fingerprint density at radius 2 is 2.07 bits per heavy atom. The van der Waals surface area contributed by atoms with Crippen LogP contribution in [0.2, 0.25) is 0 Å². The van der Waals surface area contributed by atoms with Crippen molar-refractivity contribution in [1.82, 2.24) is 19.6 Å². The fourth-order valence-corrected chi connectivity index (χ4v) is 4.68. The summed E-state index contributed by atoms with van der Waals surface area (Å²) in [5.74, 6) is -0.722. The third-order valence-corrected chi connectivity index (χ3v) is 5.87. The minimum absolute atomic E-state index is 0.219. The van der Waals surface area contributed by atoms with E-state index < -0.39 is 0 Å². The van der Waals surface area contributed by atoms with Gasteiger partial charge in [0, 0.05) is 23.5 Å². The molecule has 0 bridgehead atoms. The minimum atomic E-state index is -0.376. The number of esters is 1. The number of hydrogen-bond acceptors (Lipinski definition) is 6. The summed E-state index contributed by atoms with van der Waals surface area (Å²) >= 11 is 1.47. The molecule has 0 saturated carbocycles. The van der Waals surface area contributed by atoms with E-state index in [1.165, 1.54) is 11.3 Å². The molecule has 0 spiro atoms. The maximum atomic E-state index is 12.8. The van der Waals surface area contributed by atoms with Crippen molar-refractivity contribution in [3.63, 3.8) is 0 Å². The molecule has 0 saturated heterocycles. The topological polar surface area (TPSA) is 91.0 Å². The number of nitrogens with one attached hydrogen (secondary N) is 1. The van der Waals surface area contributed by atoms with Crippen molar-refractivity contribution in [2.75, 3.05) is 5.32 Å². The second kappa shape index (κ2) is 8.20. The maximum Gasteiger partial charge on any atom is 0.341 e. The van der Waals surface area contributed by atoms with Crippen LogP contribution in [-0.2, 0) is 24.2 Å². The number of thiophene rings is 1. The van der Waals surface area contributed by atoms with Gasteiger partial charge in [-0.05, 0) is 57.2 Å². The van der Waals surface area contributed by atoms with Gasteiger partial charge in [-0.3, -0.25) is 14.2 Å². The van der Waals surface area contributed by atoms with Crippen molar-refractivity contribution in [3.8, 4) is 0 Å². The van der Waals surface area contributed by atoms with E-state index in [-0.39, 0.29) is 23.7 Å². The Labute approximate surface area is 172 Å². The van der Waals surface area contributed by atoms with Crippen molar-refractivity contribution in [3.05, 3.63) is 52.4 Å². The molecule has 0 aromatic carbocycles. The van der Waals surface area contributed by atoms with Gasteiger partial charge in [0.25, 0.3) is 5.91 Å². The molecule has 3 heterocycles. The number of nitrogens with zero attached hydrogens (tertiary/aromatic N) is 4. The van der Waals surface area contributed by atoms with Gasteiger partial charge in [0.1, 0.15) is 11.7 Å². The Balaban J connectivity index is 1.55. The SMILES string of the molecule is CC(C)OC(=O)c1c(NC(=O)c2ccn(Cn3cccn3)n2)sc2c1CCCC2. The minimum Gasteiger partial charge on any atom is -0.459 e. The highest BCUT2D eigenvalue weighted by Crippen LogP contribution is 2.38. The van der Waals surface area contributed by atoms with E-state index in [1.807, 2.05) is 26.1 Å². The van der Waals surface area contributed by atoms with Crippen LogP contribution in [0.25, 0.3) is 0 Å². The molecule has 0 atom stereocenters. The monoisotopic (exact) mass is 413 g/mol. The molecule has 9 heteroatoms. The summed E-state index contributed by atoms with van der Waals surface area (Å²) in [4.78, 5) is 26.7. The summed E-state index contributed by atoms with van der Waals surface area (Å²) in [5.41, 5.74) is 1.81. The average molecular weight is 414 g/mol. The van der Waals surface area contributed by atoms with E-state index in [4.69, 9.17) is 4.74 Å². The molecular formula is C20H23N5O3S. The first-order valence-corrected chi connectivity index (χ1v) is 10.5. The zero-order valence-electron chi connectivity index (χ0n) is 16.4. The van der Waals surface area contributed by atoms with E-state index in [0.717, 1.165) is 36.1 Å². The molecule has 0 fully saturated rings. The van der Waals surface area contributed by atoms with Gasteiger partial charge in [0.15, 0.2) is 5.69 Å². The lowest BCUT2D eigenvalue weighted by Crippen LogP contribution is -2.18. The zero-order chi connectivity index (χ0) is 20.4. The Bertz CT molecular complexity index is 1020. The summed E-state index contributed by atoms with van der Waals surface area (Å²) in [5, 5.41) is 11.9. The van der Waals surface area contributed by atoms with E-state index in [2.05, 4.69) is 15.5 Å². The van der Waals surface area contributed by atoms with E-state index in [0.29, 0.717) is 17.2 Å². The van der Waals surface area contributed by atoms with Crippen LogP contribution >= 0.6 is 11.3 Å². The molecule has 3 aromatic rings. The fourth-order valence-electron chi connectivity index (χ4n) is 3.40. The quantitative estimate of drug-likeness (QED) is 0.626. The van der Waals surface area contributed by atoms with Crippen LogP contribution in [-0.4, -0.2) is 37.5 Å².